The van der Waals surface area contributed by atoms with Crippen molar-refractivity contribution in [1.82, 2.24) is 14.5 Å². The molecule has 0 fully saturated rings. The van der Waals surface area contributed by atoms with E-state index in [9.17, 15) is 4.79 Å². The second-order valence-electron chi connectivity index (χ2n) is 8.02. The standard InChI is InChI=1S/C26H28N4O3S/c1-18-14-19(2)25-21(15-18)28-26(34-25)30(12-5-11-29-13-10-27-17-29)24(31)9-7-20-6-8-22(32-3)23(16-20)33-4/h6-10,13-17H,5,11-12H2,1-4H3/b9-7+. The number of fused-ring (bicyclic) bond motifs is 1. The first-order valence-electron chi connectivity index (χ1n) is 11.0. The maximum atomic E-state index is 13.3. The molecule has 2 aromatic carbocycles. The number of amides is 1. The van der Waals surface area contributed by atoms with Crippen LogP contribution in [0.25, 0.3) is 16.3 Å². The lowest BCUT2D eigenvalue weighted by atomic mass is 10.1. The summed E-state index contributed by atoms with van der Waals surface area (Å²) < 4.78 is 13.8. The Kier molecular flexibility index (Phi) is 7.27. The quantitative estimate of drug-likeness (QED) is 0.308. The largest absolute Gasteiger partial charge is 0.493 e. The highest BCUT2D eigenvalue weighted by atomic mass is 32.1. The van der Waals surface area contributed by atoms with E-state index in [1.807, 2.05) is 29.0 Å². The predicted molar refractivity (Wildman–Crippen MR) is 137 cm³/mol. The van der Waals surface area contributed by atoms with Gasteiger partial charge >= 0.3 is 0 Å². The van der Waals surface area contributed by atoms with Gasteiger partial charge in [-0.2, -0.15) is 0 Å². The number of benzene rings is 2. The summed E-state index contributed by atoms with van der Waals surface area (Å²) >= 11 is 1.55. The number of carbonyl (C=O) groups excluding carboxylic acids is 1. The number of imidazole rings is 1. The first kappa shape index (κ1) is 23.5. The van der Waals surface area contributed by atoms with Crippen molar-refractivity contribution in [3.8, 4) is 11.5 Å². The molecule has 176 valence electrons. The smallest absolute Gasteiger partial charge is 0.252 e. The zero-order valence-corrected chi connectivity index (χ0v) is 20.6. The summed E-state index contributed by atoms with van der Waals surface area (Å²) in [6.45, 7) is 5.46. The molecule has 8 heteroatoms. The summed E-state index contributed by atoms with van der Waals surface area (Å²) in [7, 11) is 3.19. The van der Waals surface area contributed by atoms with Gasteiger partial charge in [0.15, 0.2) is 16.6 Å². The molecule has 34 heavy (non-hydrogen) atoms. The van der Waals surface area contributed by atoms with Crippen molar-refractivity contribution in [1.29, 1.82) is 0 Å². The van der Waals surface area contributed by atoms with Gasteiger partial charge in [0.2, 0.25) is 0 Å². The van der Waals surface area contributed by atoms with Crippen LogP contribution in [-0.4, -0.2) is 41.2 Å². The lowest BCUT2D eigenvalue weighted by Crippen LogP contribution is -2.30. The van der Waals surface area contributed by atoms with Gasteiger partial charge in [-0.25, -0.2) is 9.97 Å². The van der Waals surface area contributed by atoms with Crippen molar-refractivity contribution in [2.45, 2.75) is 26.8 Å². The molecule has 0 atom stereocenters. The van der Waals surface area contributed by atoms with Crippen LogP contribution in [0.2, 0.25) is 0 Å². The molecule has 0 saturated heterocycles. The van der Waals surface area contributed by atoms with Crippen LogP contribution in [0.3, 0.4) is 0 Å². The predicted octanol–water partition coefficient (Wildman–Crippen LogP) is 5.26. The summed E-state index contributed by atoms with van der Waals surface area (Å²) in [5.41, 5.74) is 4.10. The molecule has 4 aromatic rings. The zero-order valence-electron chi connectivity index (χ0n) is 19.8. The van der Waals surface area contributed by atoms with Crippen LogP contribution in [0.15, 0.2) is 55.1 Å². The SMILES string of the molecule is COc1ccc(/C=C/C(=O)N(CCCn2ccnc2)c2nc3cc(C)cc(C)c3s2)cc1OC. The Balaban J connectivity index is 1.60. The molecule has 0 spiro atoms. The van der Waals surface area contributed by atoms with Crippen molar-refractivity contribution in [2.24, 2.45) is 0 Å². The van der Waals surface area contributed by atoms with Gasteiger partial charge in [0.05, 0.1) is 30.8 Å². The number of aromatic nitrogens is 3. The normalized spacial score (nSPS) is 11.3. The van der Waals surface area contributed by atoms with E-state index < -0.39 is 0 Å². The van der Waals surface area contributed by atoms with Gasteiger partial charge in [-0.3, -0.25) is 9.69 Å². The van der Waals surface area contributed by atoms with Gasteiger partial charge < -0.3 is 14.0 Å². The van der Waals surface area contributed by atoms with Gasteiger partial charge in [0, 0.05) is 31.6 Å². The molecule has 0 aliphatic rings. The fourth-order valence-corrected chi connectivity index (χ4v) is 4.87. The molecule has 0 radical (unpaired) electrons. The third-order valence-corrected chi connectivity index (χ3v) is 6.72. The average Bonchev–Trinajstić information content (AvgIpc) is 3.50. The van der Waals surface area contributed by atoms with Gasteiger partial charge in [-0.15, -0.1) is 0 Å². The third-order valence-electron chi connectivity index (χ3n) is 5.49. The fraction of sp³-hybridized carbons (Fsp3) is 0.269. The molecule has 0 saturated carbocycles. The Bertz CT molecular complexity index is 1310. The minimum Gasteiger partial charge on any atom is -0.493 e. The number of nitrogens with zero attached hydrogens (tertiary/aromatic N) is 4. The number of ether oxygens (including phenoxy) is 2. The van der Waals surface area contributed by atoms with E-state index >= 15 is 0 Å². The number of rotatable bonds is 9. The molecule has 2 aromatic heterocycles. The van der Waals surface area contributed by atoms with Crippen LogP contribution in [0.4, 0.5) is 5.13 Å². The number of hydrogen-bond acceptors (Lipinski definition) is 6. The number of hydrogen-bond donors (Lipinski definition) is 0. The van der Waals surface area contributed by atoms with Crippen LogP contribution >= 0.6 is 11.3 Å². The number of anilines is 1. The van der Waals surface area contributed by atoms with Crippen molar-refractivity contribution in [2.75, 3.05) is 25.7 Å². The molecule has 4 rings (SSSR count). The molecular weight excluding hydrogens is 448 g/mol. The van der Waals surface area contributed by atoms with E-state index in [0.29, 0.717) is 23.2 Å². The first-order valence-corrected chi connectivity index (χ1v) is 11.9. The van der Waals surface area contributed by atoms with Crippen molar-refractivity contribution < 1.29 is 14.3 Å². The van der Waals surface area contributed by atoms with E-state index in [0.717, 1.165) is 34.3 Å². The zero-order chi connectivity index (χ0) is 24.1. The third kappa shape index (κ3) is 5.28. The highest BCUT2D eigenvalue weighted by Crippen LogP contribution is 2.33. The number of carbonyl (C=O) groups is 1. The highest BCUT2D eigenvalue weighted by Gasteiger charge is 2.19. The Labute approximate surface area is 203 Å². The number of methoxy groups -OCH3 is 2. The maximum absolute atomic E-state index is 13.3. The van der Waals surface area contributed by atoms with Crippen LogP contribution in [-0.2, 0) is 11.3 Å². The highest BCUT2D eigenvalue weighted by molar-refractivity contribution is 7.22. The van der Waals surface area contributed by atoms with Gasteiger partial charge in [-0.1, -0.05) is 23.5 Å². The van der Waals surface area contributed by atoms with E-state index in [1.54, 1.807) is 55.1 Å². The van der Waals surface area contributed by atoms with Gasteiger partial charge in [0.25, 0.3) is 5.91 Å². The van der Waals surface area contributed by atoms with Crippen molar-refractivity contribution in [3.05, 3.63) is 71.8 Å². The summed E-state index contributed by atoms with van der Waals surface area (Å²) in [5, 5.41) is 0.705. The molecule has 0 N–H and O–H groups in total. The molecule has 2 heterocycles. The van der Waals surface area contributed by atoms with Crippen LogP contribution < -0.4 is 14.4 Å². The lowest BCUT2D eigenvalue weighted by Gasteiger charge is -2.18. The Morgan fingerprint density at radius 1 is 1.15 bits per heavy atom. The molecule has 0 unspecified atom stereocenters. The molecule has 1 amide bonds. The average molecular weight is 477 g/mol. The Hall–Kier alpha value is -3.65. The number of thiazole rings is 1. The van der Waals surface area contributed by atoms with E-state index in [4.69, 9.17) is 14.5 Å². The fourth-order valence-electron chi connectivity index (χ4n) is 3.82. The van der Waals surface area contributed by atoms with Crippen molar-refractivity contribution >= 4 is 38.7 Å². The maximum Gasteiger partial charge on any atom is 0.252 e. The minimum atomic E-state index is -0.117. The summed E-state index contributed by atoms with van der Waals surface area (Å²) in [5.74, 6) is 1.15. The Morgan fingerprint density at radius 3 is 2.71 bits per heavy atom. The molecular formula is C26H28N4O3S. The first-order chi connectivity index (χ1) is 16.5. The second-order valence-corrected chi connectivity index (χ2v) is 9.00. The monoisotopic (exact) mass is 476 g/mol. The second kappa shape index (κ2) is 10.5. The number of aryl methyl sites for hydroxylation is 3. The summed E-state index contributed by atoms with van der Waals surface area (Å²) in [6.07, 6.45) is 9.62. The molecule has 0 bridgehead atoms. The summed E-state index contributed by atoms with van der Waals surface area (Å²) in [6, 6.07) is 9.76. The van der Waals surface area contributed by atoms with Crippen LogP contribution in [0.1, 0.15) is 23.1 Å². The van der Waals surface area contributed by atoms with E-state index in [1.165, 1.54) is 5.56 Å². The summed E-state index contributed by atoms with van der Waals surface area (Å²) in [4.78, 5) is 24.0. The minimum absolute atomic E-state index is 0.117. The Morgan fingerprint density at radius 2 is 1.97 bits per heavy atom. The van der Waals surface area contributed by atoms with Crippen molar-refractivity contribution in [3.63, 3.8) is 0 Å². The van der Waals surface area contributed by atoms with Crippen LogP contribution in [0.5, 0.6) is 11.5 Å². The molecule has 7 nitrogen and oxygen atoms in total. The van der Waals surface area contributed by atoms with Gasteiger partial charge in [0.1, 0.15) is 0 Å². The van der Waals surface area contributed by atoms with Crippen LogP contribution in [0, 0.1) is 13.8 Å². The van der Waals surface area contributed by atoms with E-state index in [2.05, 4.69) is 31.0 Å². The topological polar surface area (TPSA) is 69.5 Å². The van der Waals surface area contributed by atoms with E-state index in [-0.39, 0.29) is 5.91 Å². The molecule has 0 aliphatic carbocycles. The lowest BCUT2D eigenvalue weighted by molar-refractivity contribution is -0.114. The molecule has 0 aliphatic heterocycles. The van der Waals surface area contributed by atoms with Gasteiger partial charge in [-0.05, 0) is 61.2 Å².